The van der Waals surface area contributed by atoms with Crippen LogP contribution in [0.2, 0.25) is 0 Å². The van der Waals surface area contributed by atoms with Gasteiger partial charge < -0.3 is 5.11 Å². The average molecular weight is 234 g/mol. The van der Waals surface area contributed by atoms with Crippen LogP contribution >= 0.6 is 0 Å². The fraction of sp³-hybridized carbons (Fsp3) is 0.133. The Balaban J connectivity index is 0.00000162. The van der Waals surface area contributed by atoms with E-state index in [0.717, 1.165) is 11.1 Å². The first-order valence-corrected chi connectivity index (χ1v) is 5.59. The quantitative estimate of drug-likeness (QED) is 0.826. The first kappa shape index (κ1) is 14.6. The van der Waals surface area contributed by atoms with Crippen molar-refractivity contribution in [2.45, 2.75) is 12.3 Å². The van der Waals surface area contributed by atoms with Crippen molar-refractivity contribution in [2.24, 2.45) is 0 Å². The summed E-state index contributed by atoms with van der Waals surface area (Å²) >= 11 is 0. The summed E-state index contributed by atoms with van der Waals surface area (Å²) in [4.78, 5) is 11.0. The third kappa shape index (κ3) is 3.77. The Kier molecular flexibility index (Phi) is 5.71. The van der Waals surface area contributed by atoms with Gasteiger partial charge in [0.05, 0.1) is 6.42 Å². The molecule has 0 radical (unpaired) electrons. The Labute approximate surface area is 119 Å². The van der Waals surface area contributed by atoms with Crippen molar-refractivity contribution in [2.75, 3.05) is 0 Å². The Hall–Kier alpha value is -1.49. The van der Waals surface area contributed by atoms with E-state index in [1.165, 1.54) is 0 Å². The van der Waals surface area contributed by atoms with Gasteiger partial charge in [0.2, 0.25) is 0 Å². The van der Waals surface area contributed by atoms with Gasteiger partial charge in [-0.1, -0.05) is 60.7 Å². The molecule has 2 aromatic rings. The minimum atomic E-state index is -0.775. The molecule has 0 saturated carbocycles. The third-order valence-corrected chi connectivity index (χ3v) is 2.78. The minimum absolute atomic E-state index is 0. The molecule has 0 aromatic heterocycles. The first-order chi connectivity index (χ1) is 8.27. The molecule has 1 N–H and O–H groups in total. The molecule has 0 aliphatic rings. The van der Waals surface area contributed by atoms with Crippen molar-refractivity contribution in [1.82, 2.24) is 0 Å². The molecule has 0 aliphatic carbocycles. The van der Waals surface area contributed by atoms with Gasteiger partial charge in [0.25, 0.3) is 0 Å². The standard InChI is InChI=1S/C15H14O2.Li.H/c16-15(17)11-14(12-7-3-1-4-8-12)13-9-5-2-6-10-13;;/h1-10,14H,11H2,(H,16,17);;. The van der Waals surface area contributed by atoms with Gasteiger partial charge in [0.1, 0.15) is 0 Å². The van der Waals surface area contributed by atoms with Crippen LogP contribution in [0, 0.1) is 0 Å². The zero-order valence-electron chi connectivity index (χ0n) is 9.41. The van der Waals surface area contributed by atoms with Crippen LogP contribution in [0.15, 0.2) is 60.7 Å². The molecule has 0 unspecified atom stereocenters. The third-order valence-electron chi connectivity index (χ3n) is 2.78. The summed E-state index contributed by atoms with van der Waals surface area (Å²) in [5.74, 6) is -0.849. The van der Waals surface area contributed by atoms with Crippen LogP contribution in [0.25, 0.3) is 0 Å². The maximum absolute atomic E-state index is 11.0. The fourth-order valence-electron chi connectivity index (χ4n) is 1.97. The zero-order valence-corrected chi connectivity index (χ0v) is 9.41. The molecule has 2 rings (SSSR count). The van der Waals surface area contributed by atoms with Crippen LogP contribution in [0.4, 0.5) is 0 Å². The zero-order chi connectivity index (χ0) is 12.1. The van der Waals surface area contributed by atoms with Crippen molar-refractivity contribution < 1.29 is 9.90 Å². The van der Waals surface area contributed by atoms with Crippen molar-refractivity contribution in [1.29, 1.82) is 0 Å². The number of carboxylic acids is 1. The molecule has 0 heterocycles. The van der Waals surface area contributed by atoms with Gasteiger partial charge >= 0.3 is 24.8 Å². The van der Waals surface area contributed by atoms with Crippen LogP contribution in [-0.2, 0) is 4.79 Å². The number of rotatable bonds is 4. The van der Waals surface area contributed by atoms with Crippen LogP contribution in [0.1, 0.15) is 23.5 Å². The van der Waals surface area contributed by atoms with Crippen molar-refractivity contribution in [3.05, 3.63) is 71.8 Å². The van der Waals surface area contributed by atoms with Crippen molar-refractivity contribution in [3.8, 4) is 0 Å². The molecule has 0 atom stereocenters. The second-order valence-corrected chi connectivity index (χ2v) is 3.97. The van der Waals surface area contributed by atoms with Crippen molar-refractivity contribution in [3.63, 3.8) is 0 Å². The summed E-state index contributed by atoms with van der Waals surface area (Å²) in [7, 11) is 0. The molecular formula is C15H15LiO2. The Morgan fingerprint density at radius 3 is 1.61 bits per heavy atom. The average Bonchev–Trinajstić information content (AvgIpc) is 2.38. The topological polar surface area (TPSA) is 37.3 Å². The van der Waals surface area contributed by atoms with Gasteiger partial charge in [-0.05, 0) is 11.1 Å². The summed E-state index contributed by atoms with van der Waals surface area (Å²) in [5.41, 5.74) is 2.09. The van der Waals surface area contributed by atoms with E-state index in [0.29, 0.717) is 0 Å². The van der Waals surface area contributed by atoms with E-state index in [1.807, 2.05) is 60.7 Å². The van der Waals surface area contributed by atoms with Crippen LogP contribution in [-0.4, -0.2) is 29.9 Å². The predicted molar refractivity (Wildman–Crippen MR) is 74.1 cm³/mol. The van der Waals surface area contributed by atoms with Crippen LogP contribution < -0.4 is 0 Å². The van der Waals surface area contributed by atoms with Gasteiger partial charge in [0.15, 0.2) is 0 Å². The fourth-order valence-corrected chi connectivity index (χ4v) is 1.97. The molecule has 3 heteroatoms. The molecule has 0 spiro atoms. The Morgan fingerprint density at radius 1 is 0.889 bits per heavy atom. The van der Waals surface area contributed by atoms with Crippen LogP contribution in [0.5, 0.6) is 0 Å². The summed E-state index contributed by atoms with van der Waals surface area (Å²) in [6.07, 6.45) is 0.119. The van der Waals surface area contributed by atoms with Gasteiger partial charge in [-0.25, -0.2) is 0 Å². The maximum atomic E-state index is 11.0. The van der Waals surface area contributed by atoms with E-state index in [1.54, 1.807) is 0 Å². The summed E-state index contributed by atoms with van der Waals surface area (Å²) < 4.78 is 0. The van der Waals surface area contributed by atoms with E-state index in [2.05, 4.69) is 0 Å². The number of aliphatic carboxylic acids is 1. The molecule has 88 valence electrons. The summed E-state index contributed by atoms with van der Waals surface area (Å²) in [5, 5.41) is 9.01. The molecule has 2 nitrogen and oxygen atoms in total. The van der Waals surface area contributed by atoms with Gasteiger partial charge in [-0.3, -0.25) is 4.79 Å². The van der Waals surface area contributed by atoms with Crippen LogP contribution in [0.3, 0.4) is 0 Å². The molecule has 2 aromatic carbocycles. The molecular weight excluding hydrogens is 219 g/mol. The van der Waals surface area contributed by atoms with E-state index in [-0.39, 0.29) is 31.2 Å². The van der Waals surface area contributed by atoms with Gasteiger partial charge in [0, 0.05) is 5.92 Å². The Bertz CT molecular complexity index is 443. The van der Waals surface area contributed by atoms with Gasteiger partial charge in [-0.15, -0.1) is 0 Å². The second kappa shape index (κ2) is 7.06. The number of carbonyl (C=O) groups is 1. The number of hydrogen-bond donors (Lipinski definition) is 1. The number of benzene rings is 2. The van der Waals surface area contributed by atoms with E-state index in [4.69, 9.17) is 5.11 Å². The second-order valence-electron chi connectivity index (χ2n) is 3.97. The molecule has 18 heavy (non-hydrogen) atoms. The first-order valence-electron chi connectivity index (χ1n) is 5.59. The van der Waals surface area contributed by atoms with E-state index < -0.39 is 5.97 Å². The summed E-state index contributed by atoms with van der Waals surface area (Å²) in [6, 6.07) is 19.5. The van der Waals surface area contributed by atoms with E-state index >= 15 is 0 Å². The molecule has 0 amide bonds. The molecule has 0 aliphatic heterocycles. The SMILES string of the molecule is O=C(O)CC(c1ccccc1)c1ccccc1.[LiH]. The normalized spacial score (nSPS) is 9.83. The number of hydrogen-bond acceptors (Lipinski definition) is 1. The number of carboxylic acid groups (broad SMARTS) is 1. The van der Waals surface area contributed by atoms with Crippen molar-refractivity contribution >= 4 is 24.8 Å². The monoisotopic (exact) mass is 234 g/mol. The van der Waals surface area contributed by atoms with Gasteiger partial charge in [-0.2, -0.15) is 0 Å². The molecule has 0 fully saturated rings. The molecule has 0 saturated heterocycles. The molecule has 0 bridgehead atoms. The summed E-state index contributed by atoms with van der Waals surface area (Å²) in [6.45, 7) is 0. The van der Waals surface area contributed by atoms with E-state index in [9.17, 15) is 4.79 Å². The predicted octanol–water partition coefficient (Wildman–Crippen LogP) is 2.64. The Morgan fingerprint density at radius 2 is 1.28 bits per heavy atom.